The molecule has 0 aliphatic carbocycles. The van der Waals surface area contributed by atoms with Crippen molar-refractivity contribution in [2.24, 2.45) is 7.05 Å². The molecule has 1 aliphatic rings. The van der Waals surface area contributed by atoms with Gasteiger partial charge in [0.15, 0.2) is 5.16 Å². The van der Waals surface area contributed by atoms with Gasteiger partial charge in [-0.15, -0.1) is 0 Å². The molecule has 0 spiro atoms. The Morgan fingerprint density at radius 2 is 2.17 bits per heavy atom. The van der Waals surface area contributed by atoms with E-state index in [-0.39, 0.29) is 17.2 Å². The molecule has 1 amide bonds. The molecular weight excluding hydrogens is 316 g/mol. The van der Waals surface area contributed by atoms with Gasteiger partial charge in [0.2, 0.25) is 5.91 Å². The molecule has 23 heavy (non-hydrogen) atoms. The highest BCUT2D eigenvalue weighted by molar-refractivity contribution is 7.99. The van der Waals surface area contributed by atoms with Crippen molar-refractivity contribution in [2.75, 3.05) is 45.1 Å². The maximum Gasteiger partial charge on any atom is 0.254 e. The van der Waals surface area contributed by atoms with Crippen LogP contribution in [0.4, 0.5) is 0 Å². The molecule has 0 atom stereocenters. The number of aromatic nitrogens is 2. The van der Waals surface area contributed by atoms with E-state index in [4.69, 9.17) is 4.74 Å². The summed E-state index contributed by atoms with van der Waals surface area (Å²) < 4.78 is 6.76. The first kappa shape index (κ1) is 18.0. The first-order valence-corrected chi connectivity index (χ1v) is 8.85. The van der Waals surface area contributed by atoms with Crippen LogP contribution in [0, 0.1) is 0 Å². The van der Waals surface area contributed by atoms with E-state index in [1.165, 1.54) is 22.4 Å². The summed E-state index contributed by atoms with van der Waals surface area (Å²) in [5.74, 6) is 0.218. The highest BCUT2D eigenvalue weighted by Gasteiger charge is 2.11. The normalized spacial score (nSPS) is 15.6. The van der Waals surface area contributed by atoms with Crippen LogP contribution in [0.5, 0.6) is 0 Å². The number of thioether (sulfide) groups is 1. The maximum atomic E-state index is 11.9. The van der Waals surface area contributed by atoms with Crippen molar-refractivity contribution >= 4 is 17.7 Å². The second-order valence-electron chi connectivity index (χ2n) is 5.37. The van der Waals surface area contributed by atoms with Crippen LogP contribution in [0.2, 0.25) is 0 Å². The molecule has 2 rings (SSSR count). The van der Waals surface area contributed by atoms with Crippen molar-refractivity contribution in [3.63, 3.8) is 0 Å². The molecule has 0 unspecified atom stereocenters. The highest BCUT2D eigenvalue weighted by Crippen LogP contribution is 2.13. The summed E-state index contributed by atoms with van der Waals surface area (Å²) in [5.41, 5.74) is 0.662. The van der Waals surface area contributed by atoms with Crippen molar-refractivity contribution in [3.8, 4) is 0 Å². The van der Waals surface area contributed by atoms with E-state index in [9.17, 15) is 9.59 Å². The van der Waals surface area contributed by atoms with Crippen molar-refractivity contribution in [1.29, 1.82) is 0 Å². The molecule has 7 nitrogen and oxygen atoms in total. The van der Waals surface area contributed by atoms with Crippen molar-refractivity contribution in [3.05, 3.63) is 22.1 Å². The van der Waals surface area contributed by atoms with Crippen LogP contribution in [0.15, 0.2) is 16.0 Å². The molecule has 8 heteroatoms. The highest BCUT2D eigenvalue weighted by atomic mass is 32.2. The summed E-state index contributed by atoms with van der Waals surface area (Å²) in [6.07, 6.45) is 0.704. The zero-order valence-corrected chi connectivity index (χ0v) is 14.5. The fourth-order valence-corrected chi connectivity index (χ4v) is 3.06. The molecule has 0 bridgehead atoms. The van der Waals surface area contributed by atoms with Gasteiger partial charge >= 0.3 is 0 Å². The molecule has 1 N–H and O–H groups in total. The van der Waals surface area contributed by atoms with Gasteiger partial charge in [0.05, 0.1) is 19.0 Å². The zero-order valence-electron chi connectivity index (χ0n) is 13.7. The standard InChI is InChI=1S/C15H24N4O3S/c1-3-12-10-14(21)18(2)15(17-12)23-11-13(20)16-4-5-19-6-8-22-9-7-19/h10H,3-9,11H2,1-2H3,(H,16,20). The average molecular weight is 340 g/mol. The Kier molecular flexibility index (Phi) is 7.07. The molecule has 1 saturated heterocycles. The number of aryl methyl sites for hydroxylation is 1. The summed E-state index contributed by atoms with van der Waals surface area (Å²) in [5, 5.41) is 3.49. The predicted molar refractivity (Wildman–Crippen MR) is 89.8 cm³/mol. The zero-order chi connectivity index (χ0) is 16.7. The van der Waals surface area contributed by atoms with Crippen molar-refractivity contribution < 1.29 is 9.53 Å². The number of rotatable bonds is 7. The summed E-state index contributed by atoms with van der Waals surface area (Å²) in [4.78, 5) is 30.4. The molecule has 1 aromatic heterocycles. The van der Waals surface area contributed by atoms with Crippen LogP contribution in [-0.2, 0) is 23.0 Å². The Bertz CT molecular complexity index is 585. The Morgan fingerprint density at radius 3 is 2.87 bits per heavy atom. The fourth-order valence-electron chi connectivity index (χ4n) is 2.23. The molecule has 2 heterocycles. The number of ether oxygens (including phenoxy) is 1. The minimum atomic E-state index is -0.0907. The van der Waals surface area contributed by atoms with Crippen molar-refractivity contribution in [1.82, 2.24) is 19.8 Å². The number of amides is 1. The van der Waals surface area contributed by atoms with Gasteiger partial charge in [0.1, 0.15) is 0 Å². The van der Waals surface area contributed by atoms with Gasteiger partial charge in [0, 0.05) is 45.0 Å². The van der Waals surface area contributed by atoms with Crippen LogP contribution < -0.4 is 10.9 Å². The van der Waals surface area contributed by atoms with Gasteiger partial charge in [-0.3, -0.25) is 19.1 Å². The third-order valence-electron chi connectivity index (χ3n) is 3.70. The second-order valence-corrected chi connectivity index (χ2v) is 6.32. The quantitative estimate of drug-likeness (QED) is 0.551. The third-order valence-corrected chi connectivity index (χ3v) is 4.73. The fraction of sp³-hybridized carbons (Fsp3) is 0.667. The number of carbonyl (C=O) groups is 1. The van der Waals surface area contributed by atoms with Crippen LogP contribution in [-0.4, -0.2) is 65.5 Å². The molecule has 128 valence electrons. The number of carbonyl (C=O) groups excluding carboxylic acids is 1. The summed E-state index contributed by atoms with van der Waals surface area (Å²) in [6, 6.07) is 1.53. The van der Waals surface area contributed by atoms with E-state index in [0.29, 0.717) is 18.1 Å². The minimum absolute atomic E-state index is 0.0422. The summed E-state index contributed by atoms with van der Waals surface area (Å²) >= 11 is 1.29. The van der Waals surface area contributed by atoms with Crippen LogP contribution in [0.1, 0.15) is 12.6 Å². The SMILES string of the molecule is CCc1cc(=O)n(C)c(SCC(=O)NCCN2CCOCC2)n1. The lowest BCUT2D eigenvalue weighted by Crippen LogP contribution is -2.41. The molecule has 1 aromatic rings. The van der Waals surface area contributed by atoms with E-state index in [2.05, 4.69) is 15.2 Å². The lowest BCUT2D eigenvalue weighted by molar-refractivity contribution is -0.118. The Morgan fingerprint density at radius 1 is 1.43 bits per heavy atom. The third kappa shape index (κ3) is 5.63. The van der Waals surface area contributed by atoms with E-state index in [1.54, 1.807) is 7.05 Å². The molecule has 0 saturated carbocycles. The molecule has 1 fully saturated rings. The summed E-state index contributed by atoms with van der Waals surface area (Å²) in [7, 11) is 1.67. The monoisotopic (exact) mass is 340 g/mol. The van der Waals surface area contributed by atoms with Gasteiger partial charge in [-0.1, -0.05) is 18.7 Å². The number of hydrogen-bond acceptors (Lipinski definition) is 6. The Labute approximate surface area is 140 Å². The van der Waals surface area contributed by atoms with E-state index in [1.807, 2.05) is 6.92 Å². The maximum absolute atomic E-state index is 11.9. The van der Waals surface area contributed by atoms with Crippen LogP contribution >= 0.6 is 11.8 Å². The van der Waals surface area contributed by atoms with Gasteiger partial charge in [-0.05, 0) is 6.42 Å². The Hall–Kier alpha value is -1.38. The number of nitrogens with one attached hydrogen (secondary N) is 1. The topological polar surface area (TPSA) is 76.5 Å². The molecule has 1 aliphatic heterocycles. The van der Waals surface area contributed by atoms with Crippen LogP contribution in [0.25, 0.3) is 0 Å². The predicted octanol–water partition coefficient (Wildman–Crippen LogP) is -0.117. The smallest absolute Gasteiger partial charge is 0.254 e. The number of nitrogens with zero attached hydrogens (tertiary/aromatic N) is 3. The lowest BCUT2D eigenvalue weighted by Gasteiger charge is -2.26. The van der Waals surface area contributed by atoms with Crippen molar-refractivity contribution in [2.45, 2.75) is 18.5 Å². The largest absolute Gasteiger partial charge is 0.379 e. The average Bonchev–Trinajstić information content (AvgIpc) is 2.57. The van der Waals surface area contributed by atoms with Crippen LogP contribution in [0.3, 0.4) is 0 Å². The molecule has 0 radical (unpaired) electrons. The van der Waals surface area contributed by atoms with Gasteiger partial charge in [0.25, 0.3) is 5.56 Å². The molecule has 0 aromatic carbocycles. The van der Waals surface area contributed by atoms with E-state index in [0.717, 1.165) is 38.5 Å². The lowest BCUT2D eigenvalue weighted by atomic mass is 10.3. The first-order chi connectivity index (χ1) is 11.1. The number of hydrogen-bond donors (Lipinski definition) is 1. The number of morpholine rings is 1. The Balaban J connectivity index is 1.75. The van der Waals surface area contributed by atoms with E-state index < -0.39 is 0 Å². The second kappa shape index (κ2) is 9.05. The molecular formula is C15H24N4O3S. The summed E-state index contributed by atoms with van der Waals surface area (Å²) in [6.45, 7) is 6.77. The minimum Gasteiger partial charge on any atom is -0.379 e. The van der Waals surface area contributed by atoms with Gasteiger partial charge in [-0.2, -0.15) is 0 Å². The van der Waals surface area contributed by atoms with Gasteiger partial charge in [-0.25, -0.2) is 4.98 Å². The van der Waals surface area contributed by atoms with Gasteiger partial charge < -0.3 is 10.1 Å². The first-order valence-electron chi connectivity index (χ1n) is 7.86. The van der Waals surface area contributed by atoms with E-state index >= 15 is 0 Å².